The molecule has 122 valence electrons. The second-order valence-corrected chi connectivity index (χ2v) is 9.09. The zero-order chi connectivity index (χ0) is 15.2. The van der Waals surface area contributed by atoms with Gasteiger partial charge in [0, 0.05) is 10.5 Å². The van der Waals surface area contributed by atoms with Crippen molar-refractivity contribution < 1.29 is 0 Å². The molecule has 1 saturated carbocycles. The molecule has 22 heavy (non-hydrogen) atoms. The molecule has 4 bridgehead atoms. The average molecular weight is 338 g/mol. The fourth-order valence-electron chi connectivity index (χ4n) is 3.36. The molecule has 0 saturated heterocycles. The van der Waals surface area contributed by atoms with Gasteiger partial charge in [-0.05, 0) is 32.6 Å². The summed E-state index contributed by atoms with van der Waals surface area (Å²) >= 11 is 3.80. The number of rotatable bonds is 0. The smallest absolute Gasteiger partial charge is 0.192 e. The molecule has 1 fully saturated rings. The monoisotopic (exact) mass is 337 g/mol. The first-order chi connectivity index (χ1) is 10.8. The van der Waals surface area contributed by atoms with Crippen LogP contribution in [0.3, 0.4) is 0 Å². The minimum Gasteiger partial charge on any atom is -0.208 e. The number of aromatic nitrogens is 3. The summed E-state index contributed by atoms with van der Waals surface area (Å²) in [6.07, 6.45) is 15.1. The van der Waals surface area contributed by atoms with Crippen LogP contribution in [0, 0.1) is 6.92 Å². The minimum atomic E-state index is 0.691. The Kier molecular flexibility index (Phi) is 6.42. The molecule has 1 aromatic rings. The molecule has 3 nitrogen and oxygen atoms in total. The lowest BCUT2D eigenvalue weighted by Gasteiger charge is -2.17. The number of hydrogen-bond acceptors (Lipinski definition) is 5. The number of nitrogens with zero attached hydrogens (tertiary/aromatic N) is 3. The summed E-state index contributed by atoms with van der Waals surface area (Å²) in [5, 5.41) is 3.29. The molecule has 0 radical (unpaired) electrons. The van der Waals surface area contributed by atoms with Crippen LogP contribution in [0.5, 0.6) is 0 Å². The van der Waals surface area contributed by atoms with Crippen molar-refractivity contribution in [2.75, 3.05) is 0 Å². The first-order valence-electron chi connectivity index (χ1n) is 8.85. The fourth-order valence-corrected chi connectivity index (χ4v) is 5.74. The maximum atomic E-state index is 4.71. The van der Waals surface area contributed by atoms with Gasteiger partial charge in [-0.25, -0.2) is 9.97 Å². The van der Waals surface area contributed by atoms with Gasteiger partial charge in [0.25, 0.3) is 0 Å². The maximum Gasteiger partial charge on any atom is 0.192 e. The van der Waals surface area contributed by atoms with Gasteiger partial charge >= 0.3 is 0 Å². The molecular weight excluding hydrogens is 310 g/mol. The molecule has 5 heteroatoms. The van der Waals surface area contributed by atoms with Crippen molar-refractivity contribution in [3.8, 4) is 0 Å². The number of hydrogen-bond donors (Lipinski definition) is 0. The third-order valence-electron chi connectivity index (χ3n) is 4.61. The van der Waals surface area contributed by atoms with Gasteiger partial charge in [-0.2, -0.15) is 4.98 Å². The number of thioether (sulfide) groups is 2. The van der Waals surface area contributed by atoms with Crippen LogP contribution in [-0.4, -0.2) is 25.5 Å². The van der Waals surface area contributed by atoms with E-state index in [-0.39, 0.29) is 0 Å². The van der Waals surface area contributed by atoms with Gasteiger partial charge in [-0.15, -0.1) is 0 Å². The van der Waals surface area contributed by atoms with Crippen molar-refractivity contribution in [2.45, 2.75) is 98.4 Å². The van der Waals surface area contributed by atoms with Crippen molar-refractivity contribution in [2.24, 2.45) is 0 Å². The summed E-state index contributed by atoms with van der Waals surface area (Å²) in [5.74, 6) is 0.875. The van der Waals surface area contributed by atoms with Crippen LogP contribution in [0.1, 0.15) is 76.5 Å². The summed E-state index contributed by atoms with van der Waals surface area (Å²) < 4.78 is 0. The lowest BCUT2D eigenvalue weighted by Crippen LogP contribution is -2.08. The first-order valence-corrected chi connectivity index (χ1v) is 10.6. The molecule has 0 spiro atoms. The van der Waals surface area contributed by atoms with Gasteiger partial charge in [0.15, 0.2) is 10.3 Å². The van der Waals surface area contributed by atoms with Crippen molar-refractivity contribution in [3.63, 3.8) is 0 Å². The first kappa shape index (κ1) is 16.6. The van der Waals surface area contributed by atoms with E-state index < -0.39 is 0 Å². The topological polar surface area (TPSA) is 38.7 Å². The summed E-state index contributed by atoms with van der Waals surface area (Å²) in [7, 11) is 0. The summed E-state index contributed by atoms with van der Waals surface area (Å²) in [5.41, 5.74) is 0. The Morgan fingerprint density at radius 3 is 1.59 bits per heavy atom. The summed E-state index contributed by atoms with van der Waals surface area (Å²) in [6, 6.07) is 0. The van der Waals surface area contributed by atoms with E-state index in [2.05, 4.69) is 9.97 Å². The van der Waals surface area contributed by atoms with Crippen LogP contribution in [-0.2, 0) is 0 Å². The van der Waals surface area contributed by atoms with Crippen LogP contribution >= 0.6 is 23.5 Å². The van der Waals surface area contributed by atoms with Gasteiger partial charge in [-0.1, -0.05) is 68.5 Å². The van der Waals surface area contributed by atoms with Gasteiger partial charge < -0.3 is 0 Å². The quantitative estimate of drug-likeness (QED) is 0.632. The third-order valence-corrected chi connectivity index (χ3v) is 7.01. The molecule has 2 unspecified atom stereocenters. The Bertz CT molecular complexity index is 443. The minimum absolute atomic E-state index is 0.691. The lowest BCUT2D eigenvalue weighted by molar-refractivity contribution is 0.564. The molecule has 0 amide bonds. The molecule has 1 aliphatic heterocycles. The molecule has 2 atom stereocenters. The molecule has 0 aromatic carbocycles. The highest BCUT2D eigenvalue weighted by molar-refractivity contribution is 8.00. The van der Waals surface area contributed by atoms with Gasteiger partial charge in [0.1, 0.15) is 5.82 Å². The highest BCUT2D eigenvalue weighted by Crippen LogP contribution is 2.36. The van der Waals surface area contributed by atoms with E-state index in [1.54, 1.807) is 0 Å². The second-order valence-electron chi connectivity index (χ2n) is 6.56. The zero-order valence-electron chi connectivity index (χ0n) is 13.6. The van der Waals surface area contributed by atoms with E-state index in [0.29, 0.717) is 10.5 Å². The molecule has 1 aromatic heterocycles. The maximum absolute atomic E-state index is 4.71. The molecule has 0 N–H and O–H groups in total. The van der Waals surface area contributed by atoms with E-state index in [1.807, 2.05) is 30.4 Å². The third kappa shape index (κ3) is 5.12. The predicted molar refractivity (Wildman–Crippen MR) is 94.6 cm³/mol. The van der Waals surface area contributed by atoms with Crippen molar-refractivity contribution in [3.05, 3.63) is 5.82 Å². The molecule has 2 heterocycles. The largest absolute Gasteiger partial charge is 0.208 e. The summed E-state index contributed by atoms with van der Waals surface area (Å²) in [6.45, 7) is 2.00. The van der Waals surface area contributed by atoms with Crippen LogP contribution in [0.4, 0.5) is 0 Å². The van der Waals surface area contributed by atoms with E-state index >= 15 is 0 Å². The SMILES string of the molecule is Cc1nc2nc(n1)SC1CCCCCCCCCC(CC1)S2. The van der Waals surface area contributed by atoms with E-state index in [4.69, 9.17) is 4.98 Å². The second kappa shape index (κ2) is 8.53. The summed E-state index contributed by atoms with van der Waals surface area (Å²) in [4.78, 5) is 13.8. The van der Waals surface area contributed by atoms with Crippen LogP contribution < -0.4 is 0 Å². The van der Waals surface area contributed by atoms with E-state index in [1.165, 1.54) is 70.6 Å². The van der Waals surface area contributed by atoms with Gasteiger partial charge in [0.2, 0.25) is 0 Å². The van der Waals surface area contributed by atoms with E-state index in [0.717, 1.165) is 16.1 Å². The highest BCUT2D eigenvalue weighted by atomic mass is 32.2. The number of fused-ring (bicyclic) bond motifs is 5. The predicted octanol–water partition coefficient (Wildman–Crippen LogP) is 5.42. The normalized spacial score (nSPS) is 27.7. The Morgan fingerprint density at radius 1 is 0.636 bits per heavy atom. The van der Waals surface area contributed by atoms with Crippen molar-refractivity contribution >= 4 is 23.5 Å². The van der Waals surface area contributed by atoms with Crippen LogP contribution in [0.15, 0.2) is 10.3 Å². The fraction of sp³-hybridized carbons (Fsp3) is 0.824. The van der Waals surface area contributed by atoms with Gasteiger partial charge in [-0.3, -0.25) is 0 Å². The Morgan fingerprint density at radius 2 is 1.09 bits per heavy atom. The lowest BCUT2D eigenvalue weighted by atomic mass is 10.1. The molecule has 3 rings (SSSR count). The molecule has 1 aliphatic carbocycles. The standard InChI is InChI=1S/C17H27N3S2/c1-13-18-16-20-17(19-13)22-15-10-8-6-4-2-3-5-7-9-14(21-16)11-12-15/h14-15H,2-12H2,1H3. The highest BCUT2D eigenvalue weighted by Gasteiger charge is 2.21. The number of aryl methyl sites for hydroxylation is 1. The molecular formula is C17H27N3S2. The van der Waals surface area contributed by atoms with Gasteiger partial charge in [0.05, 0.1) is 0 Å². The Balaban J connectivity index is 1.78. The van der Waals surface area contributed by atoms with Crippen molar-refractivity contribution in [1.82, 2.24) is 15.0 Å². The van der Waals surface area contributed by atoms with Crippen LogP contribution in [0.2, 0.25) is 0 Å². The van der Waals surface area contributed by atoms with E-state index in [9.17, 15) is 0 Å². The Hall–Kier alpha value is -0.290. The zero-order valence-corrected chi connectivity index (χ0v) is 15.2. The van der Waals surface area contributed by atoms with Crippen molar-refractivity contribution in [1.29, 1.82) is 0 Å². The van der Waals surface area contributed by atoms with Crippen LogP contribution in [0.25, 0.3) is 0 Å². The molecule has 2 aliphatic rings. The average Bonchev–Trinajstić information content (AvgIpc) is 2.54. The Labute approximate surface area is 142 Å².